The van der Waals surface area contributed by atoms with Crippen LogP contribution in [-0.2, 0) is 19.0 Å². The van der Waals surface area contributed by atoms with E-state index >= 15 is 0 Å². The van der Waals surface area contributed by atoms with E-state index < -0.39 is 17.3 Å². The second kappa shape index (κ2) is 6.55. The zero-order chi connectivity index (χ0) is 13.8. The number of alkyl halides is 1. The third-order valence-corrected chi connectivity index (χ3v) is 2.93. The lowest BCUT2D eigenvalue weighted by Crippen LogP contribution is -2.38. The molecule has 1 aliphatic heterocycles. The van der Waals surface area contributed by atoms with Crippen molar-refractivity contribution < 1.29 is 19.0 Å². The number of carbonyl (C=O) groups excluding carboxylic acids is 1. The Balaban J connectivity index is 2.82. The van der Waals surface area contributed by atoms with Crippen LogP contribution < -0.4 is 0 Å². The first-order chi connectivity index (χ1) is 8.38. The summed E-state index contributed by atoms with van der Waals surface area (Å²) in [7, 11) is 0. The molecule has 0 N–H and O–H groups in total. The Morgan fingerprint density at radius 2 is 2.17 bits per heavy atom. The number of ether oxygens (including phenoxy) is 3. The maximum absolute atomic E-state index is 11.7. The van der Waals surface area contributed by atoms with Crippen LogP contribution in [0.4, 0.5) is 0 Å². The molecule has 5 heteroatoms. The van der Waals surface area contributed by atoms with Crippen molar-refractivity contribution in [2.24, 2.45) is 0 Å². The first-order valence-corrected chi connectivity index (χ1v) is 6.60. The van der Waals surface area contributed by atoms with Crippen molar-refractivity contribution in [2.45, 2.75) is 51.4 Å². The third kappa shape index (κ3) is 4.26. The van der Waals surface area contributed by atoms with Crippen LogP contribution in [0.2, 0.25) is 0 Å². The lowest BCUT2D eigenvalue weighted by Gasteiger charge is -2.32. The molecule has 0 unspecified atom stereocenters. The van der Waals surface area contributed by atoms with Crippen LogP contribution in [0, 0.1) is 0 Å². The monoisotopic (exact) mass is 276 g/mol. The molecule has 1 rings (SSSR count). The van der Waals surface area contributed by atoms with Gasteiger partial charge in [0.1, 0.15) is 0 Å². The Bertz CT molecular complexity index is 319. The molecule has 2 atom stereocenters. The lowest BCUT2D eigenvalue weighted by atomic mass is 9.94. The molecular formula is C13H21ClO4. The minimum absolute atomic E-state index is 0.335. The average Bonchev–Trinajstić information content (AvgIpc) is 2.28. The van der Waals surface area contributed by atoms with Crippen molar-refractivity contribution in [1.29, 1.82) is 0 Å². The van der Waals surface area contributed by atoms with E-state index in [1.54, 1.807) is 6.92 Å². The first kappa shape index (κ1) is 15.5. The Labute approximate surface area is 113 Å². The van der Waals surface area contributed by atoms with Gasteiger partial charge in [-0.15, -0.1) is 11.6 Å². The second-order valence-corrected chi connectivity index (χ2v) is 5.51. The van der Waals surface area contributed by atoms with Crippen molar-refractivity contribution in [3.63, 3.8) is 0 Å². The molecule has 0 aliphatic carbocycles. The number of hydrogen-bond acceptors (Lipinski definition) is 4. The molecule has 1 aliphatic rings. The minimum atomic E-state index is -0.639. The predicted octanol–water partition coefficient (Wildman–Crippen LogP) is 2.64. The number of esters is 1. The fourth-order valence-corrected chi connectivity index (χ4v) is 1.89. The smallest absolute Gasteiger partial charge is 0.335 e. The molecule has 1 heterocycles. The summed E-state index contributed by atoms with van der Waals surface area (Å²) in [6, 6.07) is 0. The van der Waals surface area contributed by atoms with E-state index in [0.717, 1.165) is 5.57 Å². The summed E-state index contributed by atoms with van der Waals surface area (Å²) in [5, 5.41) is 0. The van der Waals surface area contributed by atoms with Crippen LogP contribution >= 0.6 is 11.6 Å². The Morgan fingerprint density at radius 1 is 1.50 bits per heavy atom. The van der Waals surface area contributed by atoms with Gasteiger partial charge in [-0.3, -0.25) is 0 Å². The fraction of sp³-hybridized carbons (Fsp3) is 0.769. The van der Waals surface area contributed by atoms with Crippen LogP contribution in [0.1, 0.15) is 34.1 Å². The van der Waals surface area contributed by atoms with E-state index in [9.17, 15) is 4.79 Å². The van der Waals surface area contributed by atoms with Crippen molar-refractivity contribution in [2.75, 3.05) is 13.2 Å². The minimum Gasteiger partial charge on any atom is -0.464 e. The molecule has 0 fully saturated rings. The van der Waals surface area contributed by atoms with E-state index in [4.69, 9.17) is 25.8 Å². The molecule has 18 heavy (non-hydrogen) atoms. The summed E-state index contributed by atoms with van der Waals surface area (Å²) in [6.45, 7) is 8.25. The summed E-state index contributed by atoms with van der Waals surface area (Å²) >= 11 is 6.29. The van der Waals surface area contributed by atoms with Gasteiger partial charge in [0.05, 0.1) is 11.5 Å². The summed E-state index contributed by atoms with van der Waals surface area (Å²) < 4.78 is 15.9. The van der Waals surface area contributed by atoms with Crippen LogP contribution in [-0.4, -0.2) is 36.5 Å². The van der Waals surface area contributed by atoms with E-state index in [-0.39, 0.29) is 5.97 Å². The Kier molecular flexibility index (Phi) is 5.63. The summed E-state index contributed by atoms with van der Waals surface area (Å²) in [4.78, 5) is 11.2. The largest absolute Gasteiger partial charge is 0.464 e. The van der Waals surface area contributed by atoms with E-state index in [2.05, 4.69) is 0 Å². The topological polar surface area (TPSA) is 44.8 Å². The van der Waals surface area contributed by atoms with Gasteiger partial charge in [0.2, 0.25) is 0 Å². The van der Waals surface area contributed by atoms with Gasteiger partial charge in [0, 0.05) is 13.0 Å². The molecule has 0 amide bonds. The van der Waals surface area contributed by atoms with Crippen molar-refractivity contribution in [3.8, 4) is 0 Å². The zero-order valence-electron chi connectivity index (χ0n) is 11.4. The molecule has 0 spiro atoms. The Hall–Kier alpha value is -0.580. The number of hydrogen-bond donors (Lipinski definition) is 0. The number of halogens is 1. The summed E-state index contributed by atoms with van der Waals surface area (Å²) in [5.74, 6) is -0.367. The third-order valence-electron chi connectivity index (χ3n) is 2.68. The highest BCUT2D eigenvalue weighted by molar-refractivity contribution is 6.25. The second-order valence-electron chi connectivity index (χ2n) is 4.57. The summed E-state index contributed by atoms with van der Waals surface area (Å²) in [6.07, 6.45) is 1.11. The van der Waals surface area contributed by atoms with Crippen LogP contribution in [0.25, 0.3) is 0 Å². The van der Waals surface area contributed by atoms with E-state index in [1.807, 2.05) is 26.8 Å². The van der Waals surface area contributed by atoms with Gasteiger partial charge in [-0.25, -0.2) is 4.79 Å². The quantitative estimate of drug-likeness (QED) is 0.440. The molecule has 0 aromatic carbocycles. The maximum atomic E-state index is 11.7. The normalized spacial score (nSPS) is 24.6. The zero-order valence-corrected chi connectivity index (χ0v) is 12.1. The molecule has 0 bridgehead atoms. The van der Waals surface area contributed by atoms with Crippen LogP contribution in [0.3, 0.4) is 0 Å². The van der Waals surface area contributed by atoms with Crippen LogP contribution in [0.5, 0.6) is 0 Å². The molecule has 0 aromatic heterocycles. The number of rotatable bonds is 5. The molecule has 4 nitrogen and oxygen atoms in total. The first-order valence-electron chi connectivity index (χ1n) is 6.22. The molecular weight excluding hydrogens is 256 g/mol. The van der Waals surface area contributed by atoms with Gasteiger partial charge in [-0.05, 0) is 39.3 Å². The van der Waals surface area contributed by atoms with Gasteiger partial charge < -0.3 is 14.2 Å². The SMILES string of the molecule is CCOC(=O)[C@@H]1CC(C(C)(C)Cl)=C[C@@H](OCC)O1. The van der Waals surface area contributed by atoms with Crippen molar-refractivity contribution in [3.05, 3.63) is 11.6 Å². The van der Waals surface area contributed by atoms with E-state index in [1.165, 1.54) is 0 Å². The highest BCUT2D eigenvalue weighted by Gasteiger charge is 2.34. The van der Waals surface area contributed by atoms with Crippen LogP contribution in [0.15, 0.2) is 11.6 Å². The molecule has 0 radical (unpaired) electrons. The van der Waals surface area contributed by atoms with Crippen molar-refractivity contribution >= 4 is 17.6 Å². The Morgan fingerprint density at radius 3 is 2.67 bits per heavy atom. The van der Waals surface area contributed by atoms with Gasteiger partial charge in [0.25, 0.3) is 0 Å². The van der Waals surface area contributed by atoms with Gasteiger partial charge >= 0.3 is 5.97 Å². The maximum Gasteiger partial charge on any atom is 0.335 e. The average molecular weight is 277 g/mol. The van der Waals surface area contributed by atoms with Gasteiger partial charge in [0.15, 0.2) is 12.4 Å². The summed E-state index contributed by atoms with van der Waals surface area (Å²) in [5.41, 5.74) is 0.937. The van der Waals surface area contributed by atoms with Crippen molar-refractivity contribution in [1.82, 2.24) is 0 Å². The lowest BCUT2D eigenvalue weighted by molar-refractivity contribution is -0.183. The van der Waals surface area contributed by atoms with E-state index in [0.29, 0.717) is 19.6 Å². The highest BCUT2D eigenvalue weighted by Crippen LogP contribution is 2.33. The molecule has 0 aromatic rings. The fourth-order valence-electron chi connectivity index (χ4n) is 1.75. The number of carbonyl (C=O) groups is 1. The van der Waals surface area contributed by atoms with Gasteiger partial charge in [-0.1, -0.05) is 0 Å². The molecule has 0 saturated heterocycles. The molecule has 104 valence electrons. The predicted molar refractivity (Wildman–Crippen MR) is 69.6 cm³/mol. The van der Waals surface area contributed by atoms with Gasteiger partial charge in [-0.2, -0.15) is 0 Å². The highest BCUT2D eigenvalue weighted by atomic mass is 35.5. The standard InChI is InChI=1S/C13H21ClO4/c1-5-16-11-8-9(13(3,4)14)7-10(18-11)12(15)17-6-2/h8,10-11H,5-7H2,1-4H3/t10-,11-/m0/s1. The molecule has 0 saturated carbocycles.